The van der Waals surface area contributed by atoms with Crippen LogP contribution < -0.4 is 10.6 Å². The van der Waals surface area contributed by atoms with Crippen LogP contribution in [0.3, 0.4) is 0 Å². The highest BCUT2D eigenvalue weighted by atomic mass is 16.3. The molecule has 4 nitrogen and oxygen atoms in total. The van der Waals surface area contributed by atoms with Gasteiger partial charge in [0, 0.05) is 12.6 Å². The molecule has 2 atom stereocenters. The highest BCUT2D eigenvalue weighted by Gasteiger charge is 2.20. The van der Waals surface area contributed by atoms with E-state index >= 15 is 0 Å². The number of aliphatic hydroxyl groups excluding tert-OH is 1. The van der Waals surface area contributed by atoms with E-state index in [1.54, 1.807) is 0 Å². The van der Waals surface area contributed by atoms with E-state index in [1.165, 1.54) is 12.8 Å². The minimum Gasteiger partial charge on any atom is -0.396 e. The summed E-state index contributed by atoms with van der Waals surface area (Å²) in [6, 6.07) is 0.142. The van der Waals surface area contributed by atoms with Gasteiger partial charge in [-0.25, -0.2) is 0 Å². The van der Waals surface area contributed by atoms with E-state index in [2.05, 4.69) is 10.6 Å². The Kier molecular flexibility index (Phi) is 6.42. The lowest BCUT2D eigenvalue weighted by molar-refractivity contribution is -0.123. The summed E-state index contributed by atoms with van der Waals surface area (Å²) in [7, 11) is 0. The van der Waals surface area contributed by atoms with E-state index in [0.29, 0.717) is 0 Å². The van der Waals surface area contributed by atoms with Gasteiger partial charge >= 0.3 is 0 Å². The summed E-state index contributed by atoms with van der Waals surface area (Å²) in [5.74, 6) is 0.118. The lowest BCUT2D eigenvalue weighted by Crippen LogP contribution is -2.46. The van der Waals surface area contributed by atoms with Gasteiger partial charge in [-0.1, -0.05) is 12.8 Å². The fraction of sp³-hybridized carbons (Fsp3) is 0.917. The van der Waals surface area contributed by atoms with Crippen LogP contribution in [0, 0.1) is 0 Å². The maximum Gasteiger partial charge on any atom is 0.237 e. The molecule has 0 spiro atoms. The monoisotopic (exact) mass is 228 g/mol. The van der Waals surface area contributed by atoms with Crippen LogP contribution in [-0.2, 0) is 4.79 Å². The summed E-state index contributed by atoms with van der Waals surface area (Å²) >= 11 is 0. The summed E-state index contributed by atoms with van der Waals surface area (Å²) in [6.45, 7) is 3.13. The fourth-order valence-electron chi connectivity index (χ4n) is 2.07. The summed E-state index contributed by atoms with van der Waals surface area (Å²) in [5, 5.41) is 15.0. The van der Waals surface area contributed by atoms with Gasteiger partial charge in [-0.15, -0.1) is 0 Å². The minimum absolute atomic E-state index is 0.0147. The second kappa shape index (κ2) is 7.63. The standard InChI is InChI=1S/C12H24N2O2/c1-10(6-5-9-15)14-12(16)11-7-3-2-4-8-13-11/h10-11,13,15H,2-9H2,1H3,(H,14,16). The first-order chi connectivity index (χ1) is 7.74. The Labute approximate surface area is 97.8 Å². The molecular weight excluding hydrogens is 204 g/mol. The molecule has 0 aliphatic carbocycles. The number of rotatable bonds is 5. The van der Waals surface area contributed by atoms with Gasteiger partial charge in [-0.3, -0.25) is 4.79 Å². The third-order valence-corrected chi connectivity index (χ3v) is 3.06. The molecule has 94 valence electrons. The van der Waals surface area contributed by atoms with Gasteiger partial charge in [0.15, 0.2) is 0 Å². The van der Waals surface area contributed by atoms with Crippen LogP contribution in [0.5, 0.6) is 0 Å². The van der Waals surface area contributed by atoms with Crippen molar-refractivity contribution in [2.45, 2.75) is 57.5 Å². The zero-order valence-corrected chi connectivity index (χ0v) is 10.2. The summed E-state index contributed by atoms with van der Waals surface area (Å²) in [4.78, 5) is 11.9. The first-order valence-corrected chi connectivity index (χ1v) is 6.38. The third kappa shape index (κ3) is 4.94. The van der Waals surface area contributed by atoms with Gasteiger partial charge in [0.05, 0.1) is 6.04 Å². The fourth-order valence-corrected chi connectivity index (χ4v) is 2.07. The van der Waals surface area contributed by atoms with Crippen molar-refractivity contribution in [1.29, 1.82) is 0 Å². The predicted molar refractivity (Wildman–Crippen MR) is 64.2 cm³/mol. The molecule has 1 fully saturated rings. The summed E-state index contributed by atoms with van der Waals surface area (Å²) < 4.78 is 0. The Balaban J connectivity index is 2.26. The molecule has 2 unspecified atom stereocenters. The molecule has 3 N–H and O–H groups in total. The van der Waals surface area contributed by atoms with Gasteiger partial charge in [-0.05, 0) is 39.2 Å². The number of hydrogen-bond donors (Lipinski definition) is 3. The van der Waals surface area contributed by atoms with Crippen LogP contribution in [0.15, 0.2) is 0 Å². The Morgan fingerprint density at radius 3 is 3.06 bits per heavy atom. The molecule has 0 bridgehead atoms. The van der Waals surface area contributed by atoms with E-state index in [-0.39, 0.29) is 24.6 Å². The maximum absolute atomic E-state index is 11.9. The molecular formula is C12H24N2O2. The van der Waals surface area contributed by atoms with Crippen molar-refractivity contribution in [1.82, 2.24) is 10.6 Å². The topological polar surface area (TPSA) is 61.4 Å². The molecule has 1 rings (SSSR count). The largest absolute Gasteiger partial charge is 0.396 e. The zero-order valence-electron chi connectivity index (χ0n) is 10.2. The van der Waals surface area contributed by atoms with E-state index in [0.717, 1.165) is 32.2 Å². The lowest BCUT2D eigenvalue weighted by Gasteiger charge is -2.19. The molecule has 1 amide bonds. The quantitative estimate of drug-likeness (QED) is 0.652. The number of amides is 1. The lowest BCUT2D eigenvalue weighted by atomic mass is 10.1. The molecule has 0 aromatic heterocycles. The molecule has 1 saturated heterocycles. The van der Waals surface area contributed by atoms with Crippen LogP contribution >= 0.6 is 0 Å². The molecule has 16 heavy (non-hydrogen) atoms. The second-order valence-electron chi connectivity index (χ2n) is 4.63. The first-order valence-electron chi connectivity index (χ1n) is 6.38. The molecule has 0 aromatic carbocycles. The molecule has 1 heterocycles. The van der Waals surface area contributed by atoms with E-state index in [4.69, 9.17) is 5.11 Å². The number of aliphatic hydroxyl groups is 1. The van der Waals surface area contributed by atoms with Gasteiger partial charge in [-0.2, -0.15) is 0 Å². The van der Waals surface area contributed by atoms with Crippen molar-refractivity contribution < 1.29 is 9.90 Å². The molecule has 4 heteroatoms. The highest BCUT2D eigenvalue weighted by molar-refractivity contribution is 5.81. The number of hydrogen-bond acceptors (Lipinski definition) is 3. The average Bonchev–Trinajstić information content (AvgIpc) is 2.54. The number of nitrogens with one attached hydrogen (secondary N) is 2. The Morgan fingerprint density at radius 1 is 1.50 bits per heavy atom. The van der Waals surface area contributed by atoms with Crippen LogP contribution in [0.4, 0.5) is 0 Å². The summed E-state index contributed by atoms with van der Waals surface area (Å²) in [6.07, 6.45) is 6.06. The summed E-state index contributed by atoms with van der Waals surface area (Å²) in [5.41, 5.74) is 0. The minimum atomic E-state index is -0.0147. The SMILES string of the molecule is CC(CCCO)NC(=O)C1CCCCCN1. The molecule has 1 aliphatic heterocycles. The van der Waals surface area contributed by atoms with Crippen LogP contribution in [-0.4, -0.2) is 36.2 Å². The van der Waals surface area contributed by atoms with Crippen molar-refractivity contribution in [3.8, 4) is 0 Å². The van der Waals surface area contributed by atoms with Crippen molar-refractivity contribution in [2.75, 3.05) is 13.2 Å². The van der Waals surface area contributed by atoms with Crippen molar-refractivity contribution in [3.05, 3.63) is 0 Å². The predicted octanol–water partition coefficient (Wildman–Crippen LogP) is 0.796. The van der Waals surface area contributed by atoms with E-state index in [1.807, 2.05) is 6.92 Å². The van der Waals surface area contributed by atoms with Crippen LogP contribution in [0.1, 0.15) is 45.4 Å². The van der Waals surface area contributed by atoms with Gasteiger partial charge in [0.2, 0.25) is 5.91 Å². The number of carbonyl (C=O) groups is 1. The van der Waals surface area contributed by atoms with Crippen molar-refractivity contribution in [3.63, 3.8) is 0 Å². The molecule has 0 saturated carbocycles. The molecule has 0 aromatic rings. The molecule has 0 radical (unpaired) electrons. The van der Waals surface area contributed by atoms with Crippen molar-refractivity contribution >= 4 is 5.91 Å². The smallest absolute Gasteiger partial charge is 0.237 e. The van der Waals surface area contributed by atoms with Gasteiger partial charge in [0.25, 0.3) is 0 Å². The third-order valence-electron chi connectivity index (χ3n) is 3.06. The number of carbonyl (C=O) groups excluding carboxylic acids is 1. The Bertz CT molecular complexity index is 201. The van der Waals surface area contributed by atoms with Crippen LogP contribution in [0.25, 0.3) is 0 Å². The van der Waals surface area contributed by atoms with E-state index in [9.17, 15) is 4.79 Å². The normalized spacial score (nSPS) is 23.5. The molecule has 1 aliphatic rings. The average molecular weight is 228 g/mol. The van der Waals surface area contributed by atoms with Gasteiger partial charge in [0.1, 0.15) is 0 Å². The van der Waals surface area contributed by atoms with Crippen molar-refractivity contribution in [2.24, 2.45) is 0 Å². The maximum atomic E-state index is 11.9. The highest BCUT2D eigenvalue weighted by Crippen LogP contribution is 2.09. The van der Waals surface area contributed by atoms with Gasteiger partial charge < -0.3 is 15.7 Å². The Morgan fingerprint density at radius 2 is 2.31 bits per heavy atom. The van der Waals surface area contributed by atoms with E-state index < -0.39 is 0 Å². The second-order valence-corrected chi connectivity index (χ2v) is 4.63. The van der Waals surface area contributed by atoms with Crippen LogP contribution in [0.2, 0.25) is 0 Å². The zero-order chi connectivity index (χ0) is 11.8. The first kappa shape index (κ1) is 13.5. The Hall–Kier alpha value is -0.610.